The Morgan fingerprint density at radius 3 is 2.23 bits per heavy atom. The average Bonchev–Trinajstić information content (AvgIpc) is 3.24. The van der Waals surface area contributed by atoms with Gasteiger partial charge in [-0.15, -0.1) is 13.2 Å². The van der Waals surface area contributed by atoms with Gasteiger partial charge in [-0.2, -0.15) is 0 Å². The van der Waals surface area contributed by atoms with Crippen molar-refractivity contribution in [1.82, 2.24) is 9.55 Å². The van der Waals surface area contributed by atoms with Crippen LogP contribution in [0.25, 0.3) is 0 Å². The van der Waals surface area contributed by atoms with E-state index in [1.807, 2.05) is 12.1 Å². The first-order valence-corrected chi connectivity index (χ1v) is 12.8. The van der Waals surface area contributed by atoms with Crippen LogP contribution in [0.1, 0.15) is 19.8 Å². The van der Waals surface area contributed by atoms with E-state index < -0.39 is 16.9 Å². The minimum absolute atomic E-state index is 0.0367. The maximum absolute atomic E-state index is 12.3. The van der Waals surface area contributed by atoms with Crippen molar-refractivity contribution in [2.45, 2.75) is 44.4 Å². The Morgan fingerprint density at radius 1 is 1.08 bits per heavy atom. The molecule has 1 aromatic heterocycles. The molecule has 0 aliphatic carbocycles. The molecule has 14 heteroatoms. The second kappa shape index (κ2) is 11.7. The molecule has 0 amide bonds. The summed E-state index contributed by atoms with van der Waals surface area (Å²) < 4.78 is 54.2. The first-order valence-electron chi connectivity index (χ1n) is 12.0. The Morgan fingerprint density at radius 2 is 1.67 bits per heavy atom. The Kier molecular flexibility index (Phi) is 8.54. The molecule has 1 aliphatic rings. The molecule has 0 radical (unpaired) electrons. The average molecular weight is 615 g/mol. The van der Waals surface area contributed by atoms with Crippen LogP contribution in [0.2, 0.25) is 0 Å². The number of hydrogen-bond donors (Lipinski definition) is 1. The summed E-state index contributed by atoms with van der Waals surface area (Å²) in [6.07, 6.45) is -2.07. The van der Waals surface area contributed by atoms with Gasteiger partial charge in [0.1, 0.15) is 41.8 Å². The molecule has 10 nitrogen and oxygen atoms in total. The van der Waals surface area contributed by atoms with Crippen molar-refractivity contribution in [2.24, 2.45) is 0 Å². The van der Waals surface area contributed by atoms with E-state index in [0.29, 0.717) is 11.5 Å². The van der Waals surface area contributed by atoms with Gasteiger partial charge in [-0.25, -0.2) is 0 Å². The number of nitrogens with zero attached hydrogens (tertiary/aromatic N) is 4. The summed E-state index contributed by atoms with van der Waals surface area (Å²) in [6, 6.07) is 12.8. The standard InChI is InChI=1S/C25H26BrF3N4O6/c1-24(34,15-32-14-22(33(35)36)30-23(32)26)16-37-18-4-2-17(3-5-18)31-12-10-20(11-13-31)38-19-6-8-21(9-7-19)39-25(27,28)29/h2-9,14,20,34H,10-13,15-16H2,1H3. The number of imidazole rings is 1. The van der Waals surface area contributed by atoms with Crippen molar-refractivity contribution in [3.8, 4) is 17.2 Å². The third-order valence-electron chi connectivity index (χ3n) is 5.97. The Hall–Kier alpha value is -3.52. The number of piperidine rings is 1. The molecule has 2 aromatic carbocycles. The number of benzene rings is 2. The number of aromatic nitrogens is 2. The minimum Gasteiger partial charge on any atom is -0.491 e. The van der Waals surface area contributed by atoms with Crippen LogP contribution in [0.4, 0.5) is 24.7 Å². The molecule has 1 aliphatic heterocycles. The Balaban J connectivity index is 1.23. The summed E-state index contributed by atoms with van der Waals surface area (Å²) in [7, 11) is 0. The fourth-order valence-corrected chi connectivity index (χ4v) is 4.54. The smallest absolute Gasteiger partial charge is 0.491 e. The first-order chi connectivity index (χ1) is 18.4. The molecule has 0 bridgehead atoms. The van der Waals surface area contributed by atoms with Gasteiger partial charge in [-0.1, -0.05) is 0 Å². The van der Waals surface area contributed by atoms with Crippen molar-refractivity contribution in [3.63, 3.8) is 0 Å². The van der Waals surface area contributed by atoms with Gasteiger partial charge in [0.2, 0.25) is 0 Å². The fraction of sp³-hybridized carbons (Fsp3) is 0.400. The number of anilines is 1. The van der Waals surface area contributed by atoms with Crippen LogP contribution in [0.5, 0.6) is 17.2 Å². The van der Waals surface area contributed by atoms with Crippen molar-refractivity contribution in [2.75, 3.05) is 24.6 Å². The molecule has 0 saturated carbocycles. The maximum Gasteiger partial charge on any atom is 0.573 e. The molecule has 2 heterocycles. The van der Waals surface area contributed by atoms with Crippen molar-refractivity contribution >= 4 is 27.4 Å². The quantitative estimate of drug-likeness (QED) is 0.241. The second-order valence-corrected chi connectivity index (χ2v) is 10.1. The molecule has 1 fully saturated rings. The lowest BCUT2D eigenvalue weighted by Gasteiger charge is -2.34. The molecule has 1 N–H and O–H groups in total. The van der Waals surface area contributed by atoms with Crippen LogP contribution in [0.15, 0.2) is 59.5 Å². The van der Waals surface area contributed by atoms with E-state index in [1.54, 1.807) is 19.1 Å². The molecule has 4 rings (SSSR count). The molecule has 3 aromatic rings. The molecule has 1 saturated heterocycles. The largest absolute Gasteiger partial charge is 0.573 e. The van der Waals surface area contributed by atoms with Crippen LogP contribution in [-0.4, -0.2) is 57.3 Å². The summed E-state index contributed by atoms with van der Waals surface area (Å²) in [5.41, 5.74) is -0.320. The van der Waals surface area contributed by atoms with Crippen LogP contribution in [-0.2, 0) is 6.54 Å². The second-order valence-electron chi connectivity index (χ2n) is 9.36. The molecule has 39 heavy (non-hydrogen) atoms. The highest BCUT2D eigenvalue weighted by atomic mass is 79.9. The lowest BCUT2D eigenvalue weighted by atomic mass is 10.1. The van der Waals surface area contributed by atoms with E-state index in [0.717, 1.165) is 31.6 Å². The third-order valence-corrected chi connectivity index (χ3v) is 6.60. The molecule has 1 unspecified atom stereocenters. The van der Waals surface area contributed by atoms with Crippen molar-refractivity contribution in [1.29, 1.82) is 0 Å². The summed E-state index contributed by atoms with van der Waals surface area (Å²) in [6.45, 7) is 3.03. The SMILES string of the molecule is CC(O)(COc1ccc(N2CCC(Oc3ccc(OC(F)(F)F)cc3)CC2)cc1)Cn1cc([N+](=O)[O-])nc1Br. The number of alkyl halides is 3. The monoisotopic (exact) mass is 614 g/mol. The highest BCUT2D eigenvalue weighted by molar-refractivity contribution is 9.10. The first kappa shape index (κ1) is 28.5. The van der Waals surface area contributed by atoms with Gasteiger partial charge >= 0.3 is 12.2 Å². The number of rotatable bonds is 10. The van der Waals surface area contributed by atoms with E-state index in [9.17, 15) is 28.4 Å². The summed E-state index contributed by atoms with van der Waals surface area (Å²) >= 11 is 3.16. The highest BCUT2D eigenvalue weighted by Gasteiger charge is 2.31. The predicted octanol–water partition coefficient (Wildman–Crippen LogP) is 5.33. The normalized spacial score (nSPS) is 16.0. The molecule has 210 valence electrons. The van der Waals surface area contributed by atoms with Gasteiger partial charge in [-0.05, 0) is 65.4 Å². The number of hydrogen-bond acceptors (Lipinski definition) is 8. The zero-order chi connectivity index (χ0) is 28.2. The van der Waals surface area contributed by atoms with Crippen molar-refractivity contribution < 1.29 is 37.4 Å². The van der Waals surface area contributed by atoms with E-state index in [2.05, 4.69) is 30.6 Å². The van der Waals surface area contributed by atoms with Gasteiger partial charge < -0.3 is 34.3 Å². The zero-order valence-corrected chi connectivity index (χ0v) is 22.4. The summed E-state index contributed by atoms with van der Waals surface area (Å²) in [5, 5.41) is 21.6. The highest BCUT2D eigenvalue weighted by Crippen LogP contribution is 2.28. The Labute approximate surface area is 230 Å². The van der Waals surface area contributed by atoms with E-state index in [-0.39, 0.29) is 35.6 Å². The van der Waals surface area contributed by atoms with Crippen LogP contribution < -0.4 is 19.1 Å². The van der Waals surface area contributed by atoms with Crippen LogP contribution >= 0.6 is 15.9 Å². The summed E-state index contributed by atoms with van der Waals surface area (Å²) in [4.78, 5) is 16.3. The third kappa shape index (κ3) is 8.23. The minimum atomic E-state index is -4.73. The Bertz CT molecular complexity index is 1260. The molecular weight excluding hydrogens is 589 g/mol. The molecule has 1 atom stereocenters. The lowest BCUT2D eigenvalue weighted by molar-refractivity contribution is -0.389. The topological polar surface area (TPSA) is 112 Å². The zero-order valence-electron chi connectivity index (χ0n) is 20.8. The number of halogens is 4. The van der Waals surface area contributed by atoms with Gasteiger partial charge in [-0.3, -0.25) is 4.57 Å². The number of nitro groups is 1. The predicted molar refractivity (Wildman–Crippen MR) is 138 cm³/mol. The number of ether oxygens (including phenoxy) is 3. The van der Waals surface area contributed by atoms with E-state index in [4.69, 9.17) is 9.47 Å². The summed E-state index contributed by atoms with van der Waals surface area (Å²) in [5.74, 6) is 0.432. The van der Waals surface area contributed by atoms with Gasteiger partial charge in [0.25, 0.3) is 4.73 Å². The van der Waals surface area contributed by atoms with E-state index >= 15 is 0 Å². The molecular formula is C25H26BrF3N4O6. The number of aliphatic hydroxyl groups is 1. The van der Waals surface area contributed by atoms with Crippen molar-refractivity contribution in [3.05, 3.63) is 69.6 Å². The van der Waals surface area contributed by atoms with Gasteiger partial charge in [0.05, 0.1) is 6.54 Å². The lowest BCUT2D eigenvalue weighted by Crippen LogP contribution is -2.38. The maximum atomic E-state index is 12.3. The van der Waals surface area contributed by atoms with Crippen LogP contribution in [0.3, 0.4) is 0 Å². The van der Waals surface area contributed by atoms with Gasteiger partial charge in [0, 0.05) is 47.5 Å². The fourth-order valence-electron chi connectivity index (χ4n) is 4.13. The van der Waals surface area contributed by atoms with Crippen LogP contribution in [0, 0.1) is 10.1 Å². The van der Waals surface area contributed by atoms with Gasteiger partial charge in [0.15, 0.2) is 0 Å². The molecule has 0 spiro atoms. The van der Waals surface area contributed by atoms with E-state index in [1.165, 1.54) is 35.0 Å².